The van der Waals surface area contributed by atoms with Crippen molar-refractivity contribution in [2.24, 2.45) is 0 Å². The monoisotopic (exact) mass is 544 g/mol. The lowest BCUT2D eigenvalue weighted by Gasteiger charge is -2.31. The number of hydrogen-bond donors (Lipinski definition) is 2. The van der Waals surface area contributed by atoms with Crippen LogP contribution in [0, 0.1) is 25.1 Å². The van der Waals surface area contributed by atoms with Crippen LogP contribution in [0.4, 0.5) is 14.6 Å². The van der Waals surface area contributed by atoms with Crippen LogP contribution in [-0.4, -0.2) is 51.3 Å². The van der Waals surface area contributed by atoms with Gasteiger partial charge in [0, 0.05) is 41.6 Å². The van der Waals surface area contributed by atoms with Gasteiger partial charge in [-0.1, -0.05) is 12.0 Å². The molecular formula is C31H30F2N4O3. The minimum Gasteiger partial charge on any atom is -0.508 e. The minimum atomic E-state index is -0.820. The summed E-state index contributed by atoms with van der Waals surface area (Å²) < 4.78 is 34.9. The van der Waals surface area contributed by atoms with Gasteiger partial charge in [0.2, 0.25) is 0 Å². The van der Waals surface area contributed by atoms with Gasteiger partial charge >= 0.3 is 5.63 Å². The number of nitrogens with zero attached hydrogens (tertiary/aromatic N) is 3. The summed E-state index contributed by atoms with van der Waals surface area (Å²) >= 11 is 0. The molecule has 206 valence electrons. The average molecular weight is 545 g/mol. The molecule has 40 heavy (non-hydrogen) atoms. The normalized spacial score (nSPS) is 20.7. The Labute approximate surface area is 230 Å². The second kappa shape index (κ2) is 9.86. The van der Waals surface area contributed by atoms with Gasteiger partial charge in [0.1, 0.15) is 40.5 Å². The maximum atomic E-state index is 14.7. The van der Waals surface area contributed by atoms with Gasteiger partial charge in [-0.15, -0.1) is 6.42 Å². The molecule has 2 aromatic carbocycles. The number of nitrogens with one attached hydrogen (secondary N) is 1. The Morgan fingerprint density at radius 3 is 2.90 bits per heavy atom. The SMILES string of the molecule is C#Cc1c(F)ccc2cc(O)cc(-c3oc(=O)c4c(NCC)nc(CCC56CCCN5CC(F)C6)nc4c3C)c12. The van der Waals surface area contributed by atoms with E-state index in [2.05, 4.69) is 21.1 Å². The zero-order chi connectivity index (χ0) is 28.2. The van der Waals surface area contributed by atoms with Crippen molar-refractivity contribution in [3.63, 3.8) is 0 Å². The summed E-state index contributed by atoms with van der Waals surface area (Å²) in [5.74, 6) is 2.78. The lowest BCUT2D eigenvalue weighted by molar-refractivity contribution is 0.181. The van der Waals surface area contributed by atoms with Crippen molar-refractivity contribution < 1.29 is 18.3 Å². The maximum Gasteiger partial charge on any atom is 0.349 e. The Morgan fingerprint density at radius 2 is 2.12 bits per heavy atom. The topological polar surface area (TPSA) is 91.5 Å². The van der Waals surface area contributed by atoms with E-state index in [0.717, 1.165) is 25.8 Å². The number of phenols is 1. The fourth-order valence-electron chi connectivity index (χ4n) is 6.66. The van der Waals surface area contributed by atoms with Crippen LogP contribution >= 0.6 is 0 Å². The number of rotatable bonds is 6. The second-order valence-electron chi connectivity index (χ2n) is 10.8. The van der Waals surface area contributed by atoms with Crippen molar-refractivity contribution in [3.05, 3.63) is 57.5 Å². The third-order valence-corrected chi connectivity index (χ3v) is 8.41. The van der Waals surface area contributed by atoms with E-state index in [9.17, 15) is 18.7 Å². The van der Waals surface area contributed by atoms with Crippen molar-refractivity contribution in [1.82, 2.24) is 14.9 Å². The molecule has 2 saturated heterocycles. The molecular weight excluding hydrogens is 514 g/mol. The van der Waals surface area contributed by atoms with Crippen molar-refractivity contribution in [2.45, 2.75) is 57.7 Å². The van der Waals surface area contributed by atoms with E-state index in [-0.39, 0.29) is 28.0 Å². The van der Waals surface area contributed by atoms with Gasteiger partial charge in [-0.2, -0.15) is 0 Å². The molecule has 0 aliphatic carbocycles. The lowest BCUT2D eigenvalue weighted by atomic mass is 9.88. The second-order valence-corrected chi connectivity index (χ2v) is 10.8. The van der Waals surface area contributed by atoms with Gasteiger partial charge in [0.15, 0.2) is 0 Å². The quantitative estimate of drug-likeness (QED) is 0.311. The van der Waals surface area contributed by atoms with Gasteiger partial charge in [0.05, 0.1) is 11.1 Å². The molecule has 0 radical (unpaired) electrons. The Kier molecular flexibility index (Phi) is 6.46. The molecule has 6 rings (SSSR count). The minimum absolute atomic E-state index is 0.00876. The van der Waals surface area contributed by atoms with Crippen molar-refractivity contribution >= 4 is 27.5 Å². The molecule has 2 aliphatic rings. The predicted molar refractivity (Wildman–Crippen MR) is 151 cm³/mol. The molecule has 2 N–H and O–H groups in total. The Bertz CT molecular complexity index is 1760. The van der Waals surface area contributed by atoms with Crippen molar-refractivity contribution in [2.75, 3.05) is 25.0 Å². The number of aromatic hydroxyl groups is 1. The maximum absolute atomic E-state index is 14.7. The summed E-state index contributed by atoms with van der Waals surface area (Å²) in [7, 11) is 0. The smallest absolute Gasteiger partial charge is 0.349 e. The first-order chi connectivity index (χ1) is 19.2. The van der Waals surface area contributed by atoms with Crippen LogP contribution in [0.15, 0.2) is 33.5 Å². The molecule has 0 saturated carbocycles. The van der Waals surface area contributed by atoms with Gasteiger partial charge in [-0.3, -0.25) is 4.90 Å². The van der Waals surface area contributed by atoms with Crippen LogP contribution in [-0.2, 0) is 6.42 Å². The number of hydrogen-bond acceptors (Lipinski definition) is 7. The van der Waals surface area contributed by atoms with Crippen LogP contribution in [0.25, 0.3) is 33.0 Å². The number of aromatic nitrogens is 2. The van der Waals surface area contributed by atoms with E-state index in [0.29, 0.717) is 65.0 Å². The zero-order valence-electron chi connectivity index (χ0n) is 22.5. The average Bonchev–Trinajstić information content (AvgIpc) is 3.45. The molecule has 4 heterocycles. The van der Waals surface area contributed by atoms with Crippen LogP contribution in [0.3, 0.4) is 0 Å². The summed E-state index contributed by atoms with van der Waals surface area (Å²) in [5.41, 5.74) is 0.394. The van der Waals surface area contributed by atoms with Crippen molar-refractivity contribution in [1.29, 1.82) is 0 Å². The number of terminal acetylenes is 1. The van der Waals surface area contributed by atoms with Gasteiger partial charge < -0.3 is 14.8 Å². The first-order valence-corrected chi connectivity index (χ1v) is 13.6. The summed E-state index contributed by atoms with van der Waals surface area (Å²) in [6, 6.07) is 5.65. The molecule has 2 aliphatic heterocycles. The number of fused-ring (bicyclic) bond motifs is 3. The molecule has 7 nitrogen and oxygen atoms in total. The number of alkyl halides is 1. The van der Waals surface area contributed by atoms with E-state index in [1.54, 1.807) is 6.92 Å². The number of anilines is 1. The van der Waals surface area contributed by atoms with Crippen LogP contribution < -0.4 is 10.9 Å². The lowest BCUT2D eigenvalue weighted by Crippen LogP contribution is -2.38. The molecule has 2 fully saturated rings. The first kappa shape index (κ1) is 26.2. The van der Waals surface area contributed by atoms with Crippen LogP contribution in [0.5, 0.6) is 5.75 Å². The van der Waals surface area contributed by atoms with E-state index in [1.807, 2.05) is 6.92 Å². The highest BCUT2D eigenvalue weighted by molar-refractivity contribution is 6.03. The first-order valence-electron chi connectivity index (χ1n) is 13.6. The Morgan fingerprint density at radius 1 is 1.30 bits per heavy atom. The molecule has 4 aromatic rings. The molecule has 9 heteroatoms. The highest BCUT2D eigenvalue weighted by Gasteiger charge is 2.48. The van der Waals surface area contributed by atoms with E-state index < -0.39 is 17.6 Å². The molecule has 0 bridgehead atoms. The highest BCUT2D eigenvalue weighted by atomic mass is 19.1. The fraction of sp³-hybridized carbons (Fsp3) is 0.387. The number of aryl methyl sites for hydroxylation is 2. The standard InChI is InChI=1S/C31H30F2N4O3/c1-4-21-23(33)8-7-18-13-20(38)14-22(25(18)21)28-17(3)27-26(30(39)40-28)29(34-5-2)36-24(35-27)9-11-31-10-6-12-37(31)16-19(32)15-31/h1,7-8,13-14,19,38H,5-6,9-12,15-16H2,2-3H3,(H,34,35,36). The molecule has 2 aromatic heterocycles. The summed E-state index contributed by atoms with van der Waals surface area (Å²) in [5, 5.41) is 14.7. The predicted octanol–water partition coefficient (Wildman–Crippen LogP) is 5.48. The molecule has 0 spiro atoms. The number of phenolic OH excluding ortho intramolecular Hbond substituents is 1. The third kappa shape index (κ3) is 4.18. The Balaban J connectivity index is 1.52. The largest absolute Gasteiger partial charge is 0.508 e. The van der Waals surface area contributed by atoms with Crippen LogP contribution in [0.1, 0.15) is 49.6 Å². The Hall–Kier alpha value is -4.03. The van der Waals surface area contributed by atoms with Crippen LogP contribution in [0.2, 0.25) is 0 Å². The molecule has 0 amide bonds. The van der Waals surface area contributed by atoms with Crippen molar-refractivity contribution in [3.8, 4) is 29.4 Å². The van der Waals surface area contributed by atoms with Gasteiger partial charge in [-0.25, -0.2) is 23.5 Å². The fourth-order valence-corrected chi connectivity index (χ4v) is 6.66. The van der Waals surface area contributed by atoms with Gasteiger partial charge in [0.25, 0.3) is 0 Å². The molecule has 2 atom stereocenters. The molecule has 2 unspecified atom stereocenters. The summed E-state index contributed by atoms with van der Waals surface area (Å²) in [6.45, 7) is 5.57. The highest BCUT2D eigenvalue weighted by Crippen LogP contribution is 2.43. The van der Waals surface area contributed by atoms with Gasteiger partial charge in [-0.05, 0) is 69.7 Å². The summed E-state index contributed by atoms with van der Waals surface area (Å²) in [6.07, 6.45) is 8.61. The van der Waals surface area contributed by atoms with E-state index in [4.69, 9.17) is 15.8 Å². The third-order valence-electron chi connectivity index (χ3n) is 8.41. The number of benzene rings is 2. The number of halogens is 2. The zero-order valence-corrected chi connectivity index (χ0v) is 22.5. The summed E-state index contributed by atoms with van der Waals surface area (Å²) in [4.78, 5) is 25.2. The van der Waals surface area contributed by atoms with E-state index >= 15 is 0 Å². The van der Waals surface area contributed by atoms with E-state index in [1.165, 1.54) is 24.3 Å².